The topological polar surface area (TPSA) is 97.0 Å². The number of nitrogens with zero attached hydrogens (tertiary/aromatic N) is 1. The van der Waals surface area contributed by atoms with Gasteiger partial charge in [-0.3, -0.25) is 9.59 Å². The predicted octanol–water partition coefficient (Wildman–Crippen LogP) is 5.95. The van der Waals surface area contributed by atoms with Crippen molar-refractivity contribution in [3.63, 3.8) is 0 Å². The van der Waals surface area contributed by atoms with Gasteiger partial charge < -0.3 is 25.0 Å². The van der Waals surface area contributed by atoms with Gasteiger partial charge in [-0.15, -0.1) is 6.58 Å². The Hall–Kier alpha value is -3.81. The summed E-state index contributed by atoms with van der Waals surface area (Å²) in [5, 5.41) is 5.71. The monoisotopic (exact) mass is 537 g/mol. The van der Waals surface area contributed by atoms with Gasteiger partial charge in [0.25, 0.3) is 5.91 Å². The van der Waals surface area contributed by atoms with Crippen LogP contribution in [0.3, 0.4) is 0 Å². The van der Waals surface area contributed by atoms with Gasteiger partial charge in [0.05, 0.1) is 7.11 Å². The van der Waals surface area contributed by atoms with Gasteiger partial charge in [0.1, 0.15) is 23.4 Å². The molecule has 2 N–H and O–H groups in total. The summed E-state index contributed by atoms with van der Waals surface area (Å²) >= 11 is 0. The fourth-order valence-corrected chi connectivity index (χ4v) is 4.23. The van der Waals surface area contributed by atoms with Crippen LogP contribution in [-0.4, -0.2) is 48.1 Å². The molecular weight excluding hydrogens is 494 g/mol. The van der Waals surface area contributed by atoms with Crippen LogP contribution in [0, 0.1) is 19.8 Å². The van der Waals surface area contributed by atoms with Crippen LogP contribution in [0.4, 0.5) is 10.5 Å². The summed E-state index contributed by atoms with van der Waals surface area (Å²) in [4.78, 5) is 42.3. The maximum atomic E-state index is 14.2. The minimum atomic E-state index is -0.981. The summed E-state index contributed by atoms with van der Waals surface area (Å²) in [5.41, 5.74) is 2.42. The maximum absolute atomic E-state index is 14.2. The van der Waals surface area contributed by atoms with Crippen LogP contribution in [-0.2, 0) is 14.3 Å². The molecule has 0 aliphatic rings. The minimum absolute atomic E-state index is 0.0930. The van der Waals surface area contributed by atoms with Crippen molar-refractivity contribution in [3.05, 3.63) is 71.8 Å². The van der Waals surface area contributed by atoms with Gasteiger partial charge in [-0.2, -0.15) is 0 Å². The van der Waals surface area contributed by atoms with E-state index >= 15 is 0 Å². The van der Waals surface area contributed by atoms with Gasteiger partial charge >= 0.3 is 6.09 Å². The van der Waals surface area contributed by atoms with Crippen molar-refractivity contribution in [1.29, 1.82) is 0 Å². The van der Waals surface area contributed by atoms with Crippen molar-refractivity contribution < 1.29 is 23.9 Å². The van der Waals surface area contributed by atoms with E-state index in [0.717, 1.165) is 11.1 Å². The Labute approximate surface area is 232 Å². The highest BCUT2D eigenvalue weighted by atomic mass is 16.6. The molecule has 0 spiro atoms. The number of hydrogen-bond acceptors (Lipinski definition) is 5. The molecule has 39 heavy (non-hydrogen) atoms. The number of hydrogen-bond donors (Lipinski definition) is 2. The molecule has 0 saturated carbocycles. The molecule has 0 aromatic heterocycles. The van der Waals surface area contributed by atoms with Crippen molar-refractivity contribution in [1.82, 2.24) is 10.2 Å². The van der Waals surface area contributed by atoms with E-state index in [1.165, 1.54) is 4.90 Å². The average Bonchev–Trinajstić information content (AvgIpc) is 2.86. The zero-order chi connectivity index (χ0) is 29.3. The third kappa shape index (κ3) is 8.87. The highest BCUT2D eigenvalue weighted by molar-refractivity contribution is 5.99. The summed E-state index contributed by atoms with van der Waals surface area (Å²) in [5.74, 6) is -0.346. The van der Waals surface area contributed by atoms with E-state index in [0.29, 0.717) is 23.4 Å². The van der Waals surface area contributed by atoms with Crippen LogP contribution < -0.4 is 15.4 Å². The SMILES string of the molecule is C=CCN(C(=O)C(NC(=O)OC(C)(C)C)C(C)CC)C(C(=O)Nc1ccc(OC)cc1)c1ccc(C)cc1C. The van der Waals surface area contributed by atoms with Crippen molar-refractivity contribution in [2.45, 2.75) is 72.6 Å². The maximum Gasteiger partial charge on any atom is 0.408 e. The smallest absolute Gasteiger partial charge is 0.408 e. The fraction of sp³-hybridized carbons (Fsp3) is 0.452. The van der Waals surface area contributed by atoms with Gasteiger partial charge in [0.15, 0.2) is 0 Å². The predicted molar refractivity (Wildman–Crippen MR) is 155 cm³/mol. The molecule has 0 saturated heterocycles. The molecule has 0 bridgehead atoms. The number of aryl methyl sites for hydroxylation is 2. The number of rotatable bonds is 11. The number of nitrogens with one attached hydrogen (secondary N) is 2. The molecular formula is C31H43N3O5. The molecule has 3 unspecified atom stereocenters. The largest absolute Gasteiger partial charge is 0.497 e. The highest BCUT2D eigenvalue weighted by Gasteiger charge is 2.38. The molecule has 0 aliphatic heterocycles. The normalized spacial score (nSPS) is 13.4. The average molecular weight is 538 g/mol. The first-order valence-electron chi connectivity index (χ1n) is 13.2. The Bertz CT molecular complexity index is 1150. The van der Waals surface area contributed by atoms with Crippen molar-refractivity contribution >= 4 is 23.6 Å². The Morgan fingerprint density at radius 3 is 2.23 bits per heavy atom. The lowest BCUT2D eigenvalue weighted by atomic mass is 9.93. The summed E-state index contributed by atoms with van der Waals surface area (Å²) in [6, 6.07) is 10.8. The molecule has 3 atom stereocenters. The van der Waals surface area contributed by atoms with E-state index in [1.54, 1.807) is 58.2 Å². The van der Waals surface area contributed by atoms with Gasteiger partial charge in [-0.05, 0) is 75.9 Å². The van der Waals surface area contributed by atoms with E-state index in [1.807, 2.05) is 45.9 Å². The van der Waals surface area contributed by atoms with Crippen molar-refractivity contribution in [2.24, 2.45) is 5.92 Å². The van der Waals surface area contributed by atoms with Gasteiger partial charge in [0.2, 0.25) is 5.91 Å². The molecule has 0 heterocycles. The van der Waals surface area contributed by atoms with E-state index in [-0.39, 0.29) is 18.4 Å². The summed E-state index contributed by atoms with van der Waals surface area (Å²) in [7, 11) is 1.57. The number of carbonyl (C=O) groups is 3. The molecule has 8 nitrogen and oxygen atoms in total. The minimum Gasteiger partial charge on any atom is -0.497 e. The number of amides is 3. The standard InChI is InChI=1S/C31H43N3O5/c1-10-18-34(29(36)26(21(4)11-2)33-30(37)39-31(6,7)8)27(25-17-12-20(3)19-22(25)5)28(35)32-23-13-15-24(38-9)16-14-23/h10,12-17,19,21,26-27H,1,11,18H2,2-9H3,(H,32,35)(H,33,37). The lowest BCUT2D eigenvalue weighted by Gasteiger charge is -2.36. The molecule has 2 aromatic rings. The second-order valence-electron chi connectivity index (χ2n) is 10.8. The van der Waals surface area contributed by atoms with E-state index in [2.05, 4.69) is 17.2 Å². The van der Waals surface area contributed by atoms with E-state index < -0.39 is 29.7 Å². The summed E-state index contributed by atoms with van der Waals surface area (Å²) in [6.07, 6.45) is 1.52. The fourth-order valence-electron chi connectivity index (χ4n) is 4.23. The molecule has 2 aromatic carbocycles. The van der Waals surface area contributed by atoms with Crippen LogP contribution in [0.2, 0.25) is 0 Å². The summed E-state index contributed by atoms with van der Waals surface area (Å²) in [6.45, 7) is 16.9. The number of ether oxygens (including phenoxy) is 2. The molecule has 2 rings (SSSR count). The zero-order valence-electron chi connectivity index (χ0n) is 24.5. The highest BCUT2D eigenvalue weighted by Crippen LogP contribution is 2.29. The van der Waals surface area contributed by atoms with Gasteiger partial charge in [-0.25, -0.2) is 4.79 Å². The van der Waals surface area contributed by atoms with Crippen LogP contribution in [0.25, 0.3) is 0 Å². The number of carbonyl (C=O) groups excluding carboxylic acids is 3. The first-order valence-corrected chi connectivity index (χ1v) is 13.2. The number of methoxy groups -OCH3 is 1. The molecule has 0 aliphatic carbocycles. The van der Waals surface area contributed by atoms with Gasteiger partial charge in [-0.1, -0.05) is 50.1 Å². The number of alkyl carbamates (subject to hydrolysis) is 1. The number of anilines is 1. The zero-order valence-corrected chi connectivity index (χ0v) is 24.5. The van der Waals surface area contributed by atoms with Gasteiger partial charge in [0, 0.05) is 12.2 Å². The Morgan fingerprint density at radius 1 is 1.08 bits per heavy atom. The first-order chi connectivity index (χ1) is 18.3. The third-order valence-electron chi connectivity index (χ3n) is 6.40. The second kappa shape index (κ2) is 13.8. The van der Waals surface area contributed by atoms with Crippen LogP contribution in [0.15, 0.2) is 55.1 Å². The van der Waals surface area contributed by atoms with E-state index in [4.69, 9.17) is 9.47 Å². The Balaban J connectivity index is 2.56. The second-order valence-corrected chi connectivity index (χ2v) is 10.8. The van der Waals surface area contributed by atoms with Crippen LogP contribution >= 0.6 is 0 Å². The summed E-state index contributed by atoms with van der Waals surface area (Å²) < 4.78 is 10.7. The molecule has 3 amide bonds. The lowest BCUT2D eigenvalue weighted by Crippen LogP contribution is -2.54. The third-order valence-corrected chi connectivity index (χ3v) is 6.40. The number of benzene rings is 2. The van der Waals surface area contributed by atoms with E-state index in [9.17, 15) is 14.4 Å². The molecule has 0 fully saturated rings. The molecule has 0 radical (unpaired) electrons. The molecule has 8 heteroatoms. The van der Waals surface area contributed by atoms with Crippen LogP contribution in [0.1, 0.15) is 63.8 Å². The van der Waals surface area contributed by atoms with Crippen LogP contribution in [0.5, 0.6) is 5.75 Å². The van der Waals surface area contributed by atoms with Crippen molar-refractivity contribution in [2.75, 3.05) is 19.0 Å². The Morgan fingerprint density at radius 2 is 1.72 bits per heavy atom. The Kier molecular flexibility index (Phi) is 11.1. The quantitative estimate of drug-likeness (QED) is 0.346. The first kappa shape index (κ1) is 31.4. The lowest BCUT2D eigenvalue weighted by molar-refractivity contribution is -0.141. The molecule has 212 valence electrons. The van der Waals surface area contributed by atoms with Crippen molar-refractivity contribution in [3.8, 4) is 5.75 Å².